The smallest absolute Gasteiger partial charge is 0.107 e. The van der Waals surface area contributed by atoms with Crippen molar-refractivity contribution in [1.82, 2.24) is 10.2 Å². The van der Waals surface area contributed by atoms with Gasteiger partial charge in [0.2, 0.25) is 0 Å². The third-order valence-electron chi connectivity index (χ3n) is 9.16. The molecule has 4 aliphatic rings. The summed E-state index contributed by atoms with van der Waals surface area (Å²) in [4.78, 5) is 2.52. The van der Waals surface area contributed by atoms with E-state index in [1.807, 2.05) is 0 Å². The normalized spacial score (nSPS) is 38.9. The van der Waals surface area contributed by atoms with E-state index < -0.39 is 0 Å². The Morgan fingerprint density at radius 1 is 0.793 bits per heavy atom. The molecule has 3 saturated carbocycles. The maximum absolute atomic E-state index is 10.8. The highest BCUT2D eigenvalue weighted by molar-refractivity contribution is 4.91. The van der Waals surface area contributed by atoms with E-state index in [1.54, 1.807) is 0 Å². The predicted molar refractivity (Wildman–Crippen MR) is 121 cm³/mol. The van der Waals surface area contributed by atoms with Gasteiger partial charge in [0.05, 0.1) is 0 Å². The summed E-state index contributed by atoms with van der Waals surface area (Å²) in [7, 11) is 0. The first-order chi connectivity index (χ1) is 14.2. The van der Waals surface area contributed by atoms with Crippen LogP contribution in [0.2, 0.25) is 0 Å². The average Bonchev–Trinajstić information content (AvgIpc) is 3.28. The van der Waals surface area contributed by atoms with Crippen LogP contribution in [0.1, 0.15) is 89.9 Å². The molecule has 0 radical (unpaired) electrons. The van der Waals surface area contributed by atoms with Crippen molar-refractivity contribution in [2.45, 2.75) is 102 Å². The molecule has 0 bridgehead atoms. The van der Waals surface area contributed by atoms with Gasteiger partial charge < -0.3 is 15.7 Å². The molecule has 4 nitrogen and oxygen atoms in total. The summed E-state index contributed by atoms with van der Waals surface area (Å²) in [5.74, 6) is 3.87. The fourth-order valence-electron chi connectivity index (χ4n) is 7.29. The van der Waals surface area contributed by atoms with Gasteiger partial charge in [-0.1, -0.05) is 32.1 Å². The van der Waals surface area contributed by atoms with Crippen LogP contribution in [-0.4, -0.2) is 48.5 Å². The maximum atomic E-state index is 10.8. The van der Waals surface area contributed by atoms with Crippen molar-refractivity contribution in [1.29, 1.82) is 0 Å². The molecular weight excluding hydrogens is 358 g/mol. The van der Waals surface area contributed by atoms with Crippen LogP contribution in [0.5, 0.6) is 0 Å². The third-order valence-corrected chi connectivity index (χ3v) is 9.16. The third kappa shape index (κ3) is 5.96. The van der Waals surface area contributed by atoms with Crippen LogP contribution in [0, 0.1) is 29.6 Å². The lowest BCUT2D eigenvalue weighted by Gasteiger charge is -2.44. The summed E-state index contributed by atoms with van der Waals surface area (Å²) in [5, 5.41) is 14.2. The first kappa shape index (κ1) is 22.0. The number of nitrogens with zero attached hydrogens (tertiary/aromatic N) is 1. The molecule has 0 aromatic rings. The number of likely N-dealkylation sites (tertiary alicyclic amines) is 1. The van der Waals surface area contributed by atoms with E-state index >= 15 is 0 Å². The number of nitrogens with two attached hydrogens (primary N) is 1. The van der Waals surface area contributed by atoms with E-state index in [0.29, 0.717) is 17.9 Å². The number of nitrogens with one attached hydrogen (secondary N) is 1. The number of hydrogen-bond donors (Lipinski definition) is 3. The van der Waals surface area contributed by atoms with E-state index in [1.165, 1.54) is 83.7 Å². The summed E-state index contributed by atoms with van der Waals surface area (Å²) in [5.41, 5.74) is 6.62. The minimum Gasteiger partial charge on any atom is -0.378 e. The Bertz CT molecular complexity index is 467. The van der Waals surface area contributed by atoms with Crippen LogP contribution in [0.25, 0.3) is 0 Å². The van der Waals surface area contributed by atoms with Gasteiger partial charge in [-0.15, -0.1) is 0 Å². The van der Waals surface area contributed by atoms with Crippen LogP contribution in [0.4, 0.5) is 0 Å². The van der Waals surface area contributed by atoms with E-state index in [0.717, 1.165) is 50.1 Å². The Morgan fingerprint density at radius 3 is 2.17 bits per heavy atom. The molecule has 4 fully saturated rings. The van der Waals surface area contributed by atoms with Crippen LogP contribution >= 0.6 is 0 Å². The minimum atomic E-state index is -0.341. The molecule has 29 heavy (non-hydrogen) atoms. The van der Waals surface area contributed by atoms with Gasteiger partial charge in [-0.25, -0.2) is 0 Å². The molecule has 4 N–H and O–H groups in total. The van der Waals surface area contributed by atoms with Gasteiger partial charge in [0.25, 0.3) is 0 Å². The van der Waals surface area contributed by atoms with E-state index in [-0.39, 0.29) is 6.23 Å². The molecule has 4 atom stereocenters. The molecule has 0 amide bonds. The zero-order valence-electron chi connectivity index (χ0n) is 18.7. The van der Waals surface area contributed by atoms with E-state index in [9.17, 15) is 5.11 Å². The summed E-state index contributed by atoms with van der Waals surface area (Å²) in [6.07, 6.45) is 18.8. The van der Waals surface area contributed by atoms with Crippen LogP contribution in [-0.2, 0) is 0 Å². The highest BCUT2D eigenvalue weighted by atomic mass is 16.3. The lowest BCUT2D eigenvalue weighted by molar-refractivity contribution is 0.0162. The molecule has 3 aliphatic carbocycles. The molecule has 1 heterocycles. The Balaban J connectivity index is 1.21. The van der Waals surface area contributed by atoms with Crippen LogP contribution < -0.4 is 11.1 Å². The monoisotopic (exact) mass is 405 g/mol. The van der Waals surface area contributed by atoms with E-state index in [2.05, 4.69) is 10.2 Å². The first-order valence-electron chi connectivity index (χ1n) is 13.1. The molecule has 1 aliphatic heterocycles. The molecule has 4 rings (SSSR count). The second kappa shape index (κ2) is 10.9. The van der Waals surface area contributed by atoms with Gasteiger partial charge in [0.1, 0.15) is 6.23 Å². The Morgan fingerprint density at radius 2 is 1.45 bits per heavy atom. The zero-order valence-corrected chi connectivity index (χ0v) is 18.7. The molecular formula is C25H47N3O. The molecule has 0 aromatic heterocycles. The lowest BCUT2D eigenvalue weighted by atomic mass is 9.64. The van der Waals surface area contributed by atoms with Crippen molar-refractivity contribution in [2.24, 2.45) is 35.3 Å². The van der Waals surface area contributed by atoms with Gasteiger partial charge in [-0.05, 0) is 100 Å². The summed E-state index contributed by atoms with van der Waals surface area (Å²) < 4.78 is 0. The topological polar surface area (TPSA) is 61.5 Å². The van der Waals surface area contributed by atoms with Crippen molar-refractivity contribution >= 4 is 0 Å². The largest absolute Gasteiger partial charge is 0.378 e. The zero-order chi connectivity index (χ0) is 20.1. The molecule has 4 unspecified atom stereocenters. The summed E-state index contributed by atoms with van der Waals surface area (Å²) in [6.45, 7) is 4.47. The fraction of sp³-hybridized carbons (Fsp3) is 1.00. The number of aliphatic hydroxyl groups is 1. The average molecular weight is 406 g/mol. The highest BCUT2D eigenvalue weighted by Gasteiger charge is 2.38. The van der Waals surface area contributed by atoms with Crippen LogP contribution in [0.3, 0.4) is 0 Å². The Hall–Kier alpha value is -0.160. The first-order valence-corrected chi connectivity index (χ1v) is 13.1. The van der Waals surface area contributed by atoms with E-state index in [4.69, 9.17) is 5.73 Å². The number of hydrogen-bond acceptors (Lipinski definition) is 4. The van der Waals surface area contributed by atoms with Gasteiger partial charge in [0, 0.05) is 19.1 Å². The summed E-state index contributed by atoms with van der Waals surface area (Å²) in [6, 6.07) is 0.360. The molecule has 0 spiro atoms. The Labute approximate surface area is 179 Å². The SMILES string of the molecule is NC1CCC(C(O)NCCN2CCCC2)CC1[C@H]1CC[C@@H](C2CCCCC2)CC1. The predicted octanol–water partition coefficient (Wildman–Crippen LogP) is 4.12. The van der Waals surface area contributed by atoms with Crippen molar-refractivity contribution in [3.8, 4) is 0 Å². The lowest BCUT2D eigenvalue weighted by Crippen LogP contribution is -2.47. The highest BCUT2D eigenvalue weighted by Crippen LogP contribution is 2.45. The minimum absolute atomic E-state index is 0.341. The van der Waals surface area contributed by atoms with Gasteiger partial charge in [-0.3, -0.25) is 5.32 Å². The Kier molecular flexibility index (Phi) is 8.31. The van der Waals surface area contributed by atoms with Crippen molar-refractivity contribution < 1.29 is 5.11 Å². The number of aliphatic hydroxyl groups excluding tert-OH is 1. The number of rotatable bonds is 7. The van der Waals surface area contributed by atoms with Crippen molar-refractivity contribution in [2.75, 3.05) is 26.2 Å². The molecule has 4 heteroatoms. The fourth-order valence-corrected chi connectivity index (χ4v) is 7.29. The molecule has 1 saturated heterocycles. The van der Waals surface area contributed by atoms with Crippen molar-refractivity contribution in [3.63, 3.8) is 0 Å². The van der Waals surface area contributed by atoms with Gasteiger partial charge >= 0.3 is 0 Å². The second-order valence-corrected chi connectivity index (χ2v) is 10.9. The van der Waals surface area contributed by atoms with Crippen molar-refractivity contribution in [3.05, 3.63) is 0 Å². The van der Waals surface area contributed by atoms with Gasteiger partial charge in [0.15, 0.2) is 0 Å². The standard InChI is InChI=1S/C25H47N3O/c26-24-13-12-22(25(29)27-14-17-28-15-4-5-16-28)18-23(24)21-10-8-20(9-11-21)19-6-2-1-3-7-19/h19-25,27,29H,1-18,26H2/t20-,21+,22?,23?,24?,25?. The second-order valence-electron chi connectivity index (χ2n) is 10.9. The summed E-state index contributed by atoms with van der Waals surface area (Å²) >= 11 is 0. The molecule has 168 valence electrons. The maximum Gasteiger partial charge on any atom is 0.107 e. The van der Waals surface area contributed by atoms with Gasteiger partial charge in [-0.2, -0.15) is 0 Å². The van der Waals surface area contributed by atoms with Crippen LogP contribution in [0.15, 0.2) is 0 Å². The molecule has 0 aromatic carbocycles. The quantitative estimate of drug-likeness (QED) is 0.558.